The summed E-state index contributed by atoms with van der Waals surface area (Å²) in [7, 11) is 0. The number of aryl methyl sites for hydroxylation is 2. The summed E-state index contributed by atoms with van der Waals surface area (Å²) in [6, 6.07) is 11.6. The second-order valence-electron chi connectivity index (χ2n) is 6.11. The van der Waals surface area contributed by atoms with Gasteiger partial charge in [0, 0.05) is 17.8 Å². The molecular weight excluding hydrogens is 333 g/mol. The van der Waals surface area contributed by atoms with Gasteiger partial charge in [-0.05, 0) is 37.6 Å². The highest BCUT2D eigenvalue weighted by Gasteiger charge is 2.18. The Bertz CT molecular complexity index is 1130. The van der Waals surface area contributed by atoms with Gasteiger partial charge in [0.05, 0.1) is 11.4 Å². The number of rotatable bonds is 3. The lowest BCUT2D eigenvalue weighted by atomic mass is 10.1. The minimum absolute atomic E-state index is 0.308. The molecule has 1 amide bonds. The van der Waals surface area contributed by atoms with Gasteiger partial charge in [0.15, 0.2) is 5.82 Å². The molecule has 0 spiro atoms. The van der Waals surface area contributed by atoms with E-state index in [0.29, 0.717) is 34.1 Å². The molecule has 130 valence electrons. The van der Waals surface area contributed by atoms with Gasteiger partial charge in [0.2, 0.25) is 0 Å². The minimum Gasteiger partial charge on any atom is -0.304 e. The topological polar surface area (TPSA) is 75.1 Å². The third-order valence-corrected chi connectivity index (χ3v) is 4.11. The highest BCUT2D eigenvalue weighted by molar-refractivity contribution is 6.04. The first kappa shape index (κ1) is 16.0. The van der Waals surface area contributed by atoms with Gasteiger partial charge in [-0.15, -0.1) is 0 Å². The number of aromatic nitrogens is 4. The summed E-state index contributed by atoms with van der Waals surface area (Å²) in [5.41, 5.74) is 4.09. The zero-order valence-corrected chi connectivity index (χ0v) is 14.2. The highest BCUT2D eigenvalue weighted by Crippen LogP contribution is 2.21. The van der Waals surface area contributed by atoms with E-state index in [1.54, 1.807) is 29.5 Å². The molecule has 0 saturated carbocycles. The van der Waals surface area contributed by atoms with E-state index in [0.717, 1.165) is 5.56 Å². The molecule has 26 heavy (non-hydrogen) atoms. The summed E-state index contributed by atoms with van der Waals surface area (Å²) in [4.78, 5) is 17.1. The number of imidazole rings is 1. The van der Waals surface area contributed by atoms with Gasteiger partial charge in [-0.1, -0.05) is 18.2 Å². The third-order valence-electron chi connectivity index (χ3n) is 4.11. The lowest BCUT2D eigenvalue weighted by Gasteiger charge is -2.04. The van der Waals surface area contributed by atoms with Gasteiger partial charge in [0.1, 0.15) is 17.2 Å². The van der Waals surface area contributed by atoms with Crippen molar-refractivity contribution in [1.29, 1.82) is 0 Å². The number of carbonyl (C=O) groups is 1. The molecule has 0 aliphatic rings. The monoisotopic (exact) mass is 349 g/mol. The number of benzene rings is 1. The van der Waals surface area contributed by atoms with Gasteiger partial charge < -0.3 is 5.32 Å². The van der Waals surface area contributed by atoms with Crippen molar-refractivity contribution in [2.75, 3.05) is 5.32 Å². The summed E-state index contributed by atoms with van der Waals surface area (Å²) < 4.78 is 15.1. The Kier molecular flexibility index (Phi) is 3.76. The fourth-order valence-corrected chi connectivity index (χ4v) is 2.91. The Morgan fingerprint density at radius 1 is 1.19 bits per heavy atom. The SMILES string of the molecule is Cc1ccc2nc(C)c(C(=O)Nc3cc(-c4cccc(F)c4)[nH]n3)n2c1. The maximum Gasteiger partial charge on any atom is 0.275 e. The van der Waals surface area contributed by atoms with Crippen LogP contribution < -0.4 is 5.32 Å². The number of halogens is 1. The second kappa shape index (κ2) is 6.11. The fraction of sp³-hybridized carbons (Fsp3) is 0.105. The van der Waals surface area contributed by atoms with Gasteiger partial charge >= 0.3 is 0 Å². The van der Waals surface area contributed by atoms with E-state index in [9.17, 15) is 9.18 Å². The zero-order valence-electron chi connectivity index (χ0n) is 14.2. The molecule has 0 unspecified atom stereocenters. The van der Waals surface area contributed by atoms with Crippen LogP contribution in [0.25, 0.3) is 16.9 Å². The summed E-state index contributed by atoms with van der Waals surface area (Å²) in [5, 5.41) is 9.66. The predicted octanol–water partition coefficient (Wildman–Crippen LogP) is 3.73. The number of carbonyl (C=O) groups excluding carboxylic acids is 1. The Balaban J connectivity index is 1.63. The Labute approximate surface area is 148 Å². The standard InChI is InChI=1S/C19H16FN5O/c1-11-6-7-17-21-12(2)18(25(17)10-11)19(26)22-16-9-15(23-24-16)13-4-3-5-14(20)8-13/h3-10H,1-2H3,(H2,22,23,24,26). The van der Waals surface area contributed by atoms with E-state index in [-0.39, 0.29) is 11.7 Å². The molecule has 0 atom stereocenters. The van der Waals surface area contributed by atoms with Crippen molar-refractivity contribution < 1.29 is 9.18 Å². The zero-order chi connectivity index (χ0) is 18.3. The van der Waals surface area contributed by atoms with Crippen LogP contribution in [-0.4, -0.2) is 25.5 Å². The van der Waals surface area contributed by atoms with Gasteiger partial charge in [-0.2, -0.15) is 5.10 Å². The lowest BCUT2D eigenvalue weighted by molar-refractivity contribution is 0.102. The van der Waals surface area contributed by atoms with E-state index < -0.39 is 0 Å². The molecule has 0 aliphatic carbocycles. The number of hydrogen-bond acceptors (Lipinski definition) is 3. The summed E-state index contributed by atoms with van der Waals surface area (Å²) >= 11 is 0. The van der Waals surface area contributed by atoms with E-state index >= 15 is 0 Å². The van der Waals surface area contributed by atoms with Crippen LogP contribution in [0.4, 0.5) is 10.2 Å². The molecule has 7 heteroatoms. The average Bonchev–Trinajstić information content (AvgIpc) is 3.18. The number of nitrogens with one attached hydrogen (secondary N) is 2. The number of aromatic amines is 1. The molecule has 0 saturated heterocycles. The van der Waals surface area contributed by atoms with Crippen molar-refractivity contribution in [3.05, 3.63) is 71.4 Å². The molecule has 1 aromatic carbocycles. The molecular formula is C19H16FN5O. The Morgan fingerprint density at radius 2 is 2.04 bits per heavy atom. The second-order valence-corrected chi connectivity index (χ2v) is 6.11. The van der Waals surface area contributed by atoms with Crippen molar-refractivity contribution in [1.82, 2.24) is 19.6 Å². The van der Waals surface area contributed by atoms with Crippen molar-refractivity contribution in [2.45, 2.75) is 13.8 Å². The maximum atomic E-state index is 13.4. The van der Waals surface area contributed by atoms with E-state index in [4.69, 9.17) is 0 Å². The van der Waals surface area contributed by atoms with Crippen molar-refractivity contribution >= 4 is 17.4 Å². The number of nitrogens with zero attached hydrogens (tertiary/aromatic N) is 3. The van der Waals surface area contributed by atoms with E-state index in [1.165, 1.54) is 12.1 Å². The first-order chi connectivity index (χ1) is 12.5. The lowest BCUT2D eigenvalue weighted by Crippen LogP contribution is -2.16. The number of anilines is 1. The van der Waals surface area contributed by atoms with Crippen LogP contribution in [0.1, 0.15) is 21.7 Å². The van der Waals surface area contributed by atoms with Crippen LogP contribution in [0.5, 0.6) is 0 Å². The largest absolute Gasteiger partial charge is 0.304 e. The fourth-order valence-electron chi connectivity index (χ4n) is 2.91. The molecule has 3 aromatic heterocycles. The number of fused-ring (bicyclic) bond motifs is 1. The van der Waals surface area contributed by atoms with Gasteiger partial charge in [-0.3, -0.25) is 14.3 Å². The van der Waals surface area contributed by atoms with Gasteiger partial charge in [0.25, 0.3) is 5.91 Å². The molecule has 3 heterocycles. The molecule has 0 radical (unpaired) electrons. The molecule has 4 aromatic rings. The molecule has 2 N–H and O–H groups in total. The summed E-state index contributed by atoms with van der Waals surface area (Å²) in [6.45, 7) is 3.75. The van der Waals surface area contributed by atoms with Crippen LogP contribution in [0, 0.1) is 19.7 Å². The quantitative estimate of drug-likeness (QED) is 0.592. The van der Waals surface area contributed by atoms with Crippen molar-refractivity contribution in [3.63, 3.8) is 0 Å². The van der Waals surface area contributed by atoms with Crippen LogP contribution >= 0.6 is 0 Å². The van der Waals surface area contributed by atoms with Crippen molar-refractivity contribution in [3.8, 4) is 11.3 Å². The van der Waals surface area contributed by atoms with Crippen LogP contribution in [-0.2, 0) is 0 Å². The van der Waals surface area contributed by atoms with Crippen LogP contribution in [0.2, 0.25) is 0 Å². The van der Waals surface area contributed by atoms with Crippen LogP contribution in [0.3, 0.4) is 0 Å². The first-order valence-corrected chi connectivity index (χ1v) is 8.09. The van der Waals surface area contributed by atoms with Crippen LogP contribution in [0.15, 0.2) is 48.7 Å². The van der Waals surface area contributed by atoms with E-state index in [2.05, 4.69) is 20.5 Å². The molecule has 6 nitrogen and oxygen atoms in total. The number of amides is 1. The predicted molar refractivity (Wildman–Crippen MR) is 96.6 cm³/mol. The highest BCUT2D eigenvalue weighted by atomic mass is 19.1. The summed E-state index contributed by atoms with van der Waals surface area (Å²) in [5.74, 6) is -0.284. The van der Waals surface area contributed by atoms with Crippen molar-refractivity contribution in [2.24, 2.45) is 0 Å². The van der Waals surface area contributed by atoms with Gasteiger partial charge in [-0.25, -0.2) is 9.37 Å². The average molecular weight is 349 g/mol. The maximum absolute atomic E-state index is 13.4. The minimum atomic E-state index is -0.334. The normalized spacial score (nSPS) is 11.0. The Morgan fingerprint density at radius 3 is 2.85 bits per heavy atom. The molecule has 4 rings (SSSR count). The number of pyridine rings is 1. The molecule has 0 fully saturated rings. The third kappa shape index (κ3) is 2.83. The number of hydrogen-bond donors (Lipinski definition) is 2. The Hall–Kier alpha value is -3.48. The molecule has 0 bridgehead atoms. The van der Waals surface area contributed by atoms with E-state index in [1.807, 2.05) is 25.3 Å². The first-order valence-electron chi connectivity index (χ1n) is 8.09. The smallest absolute Gasteiger partial charge is 0.275 e. The number of H-pyrrole nitrogens is 1. The summed E-state index contributed by atoms with van der Waals surface area (Å²) in [6.07, 6.45) is 1.87. The molecule has 0 aliphatic heterocycles.